The summed E-state index contributed by atoms with van der Waals surface area (Å²) in [6.07, 6.45) is 5.57. The number of likely N-dealkylation sites (N-methyl/N-ethyl adjacent to an activating group) is 1. The minimum atomic E-state index is -0.633. The molecule has 1 aliphatic carbocycles. The number of aromatic nitrogens is 1. The van der Waals surface area contributed by atoms with E-state index in [1.165, 1.54) is 6.42 Å². The first-order valence-electron chi connectivity index (χ1n) is 9.59. The van der Waals surface area contributed by atoms with Crippen molar-refractivity contribution in [1.29, 1.82) is 0 Å². The van der Waals surface area contributed by atoms with Crippen molar-refractivity contribution in [3.8, 4) is 11.5 Å². The number of ether oxygens (including phenoxy) is 1. The summed E-state index contributed by atoms with van der Waals surface area (Å²) in [5.74, 6) is -0.0386. The van der Waals surface area contributed by atoms with E-state index in [1.807, 2.05) is 42.2 Å². The summed E-state index contributed by atoms with van der Waals surface area (Å²) in [7, 11) is 0. The molecule has 1 aliphatic rings. The second-order valence-corrected chi connectivity index (χ2v) is 6.84. The van der Waals surface area contributed by atoms with Gasteiger partial charge in [-0.1, -0.05) is 37.5 Å². The van der Waals surface area contributed by atoms with Crippen LogP contribution in [-0.4, -0.2) is 41.0 Å². The lowest BCUT2D eigenvalue weighted by atomic mass is 9.94. The van der Waals surface area contributed by atoms with Gasteiger partial charge in [-0.2, -0.15) is 0 Å². The van der Waals surface area contributed by atoms with E-state index in [1.54, 1.807) is 6.92 Å². The Labute approximate surface area is 159 Å². The van der Waals surface area contributed by atoms with Crippen molar-refractivity contribution in [2.45, 2.75) is 52.0 Å². The molecule has 1 heterocycles. The van der Waals surface area contributed by atoms with E-state index < -0.39 is 5.97 Å². The summed E-state index contributed by atoms with van der Waals surface area (Å²) in [4.78, 5) is 31.0. The van der Waals surface area contributed by atoms with E-state index in [9.17, 15) is 9.59 Å². The molecule has 0 saturated heterocycles. The first-order valence-corrected chi connectivity index (χ1v) is 9.59. The maximum atomic E-state index is 12.5. The predicted molar refractivity (Wildman–Crippen MR) is 101 cm³/mol. The Hall–Kier alpha value is -2.63. The molecule has 3 rings (SSSR count). The third-order valence-corrected chi connectivity index (χ3v) is 5.01. The first-order chi connectivity index (χ1) is 13.1. The Morgan fingerprint density at radius 3 is 2.56 bits per heavy atom. The quantitative estimate of drug-likeness (QED) is 0.719. The Balaban J connectivity index is 1.62. The topological polar surface area (TPSA) is 72.6 Å². The lowest BCUT2D eigenvalue weighted by molar-refractivity contribution is -0.137. The fraction of sp³-hybridized carbons (Fsp3) is 0.476. The number of rotatable bonds is 6. The molecule has 2 aromatic rings. The molecule has 0 radical (unpaired) electrons. The number of aryl methyl sites for hydroxylation is 1. The van der Waals surface area contributed by atoms with Crippen molar-refractivity contribution in [1.82, 2.24) is 9.88 Å². The van der Waals surface area contributed by atoms with Gasteiger partial charge in [0.2, 0.25) is 5.89 Å². The Morgan fingerprint density at radius 2 is 1.89 bits per heavy atom. The van der Waals surface area contributed by atoms with Crippen LogP contribution in [0, 0.1) is 6.92 Å². The molecule has 0 unspecified atom stereocenters. The molecule has 1 aromatic carbocycles. The smallest absolute Gasteiger partial charge is 0.361 e. The van der Waals surface area contributed by atoms with E-state index in [-0.39, 0.29) is 24.2 Å². The third-order valence-electron chi connectivity index (χ3n) is 5.01. The predicted octanol–water partition coefficient (Wildman–Crippen LogP) is 3.99. The van der Waals surface area contributed by atoms with E-state index in [4.69, 9.17) is 9.15 Å². The van der Waals surface area contributed by atoms with Crippen LogP contribution in [0.4, 0.5) is 0 Å². The summed E-state index contributed by atoms with van der Waals surface area (Å²) in [6, 6.07) is 9.60. The molecule has 1 fully saturated rings. The van der Waals surface area contributed by atoms with Gasteiger partial charge in [0.1, 0.15) is 5.76 Å². The van der Waals surface area contributed by atoms with Crippen LogP contribution in [-0.2, 0) is 9.53 Å². The maximum absolute atomic E-state index is 12.5. The summed E-state index contributed by atoms with van der Waals surface area (Å²) in [5, 5.41) is 0. The van der Waals surface area contributed by atoms with Crippen molar-refractivity contribution in [2.75, 3.05) is 13.2 Å². The van der Waals surface area contributed by atoms with Gasteiger partial charge in [0.25, 0.3) is 5.91 Å². The summed E-state index contributed by atoms with van der Waals surface area (Å²) in [5.41, 5.74) is 0.896. The molecule has 6 heteroatoms. The van der Waals surface area contributed by atoms with Crippen LogP contribution in [0.3, 0.4) is 0 Å². The van der Waals surface area contributed by atoms with Gasteiger partial charge in [0.05, 0.1) is 0 Å². The van der Waals surface area contributed by atoms with Gasteiger partial charge in [-0.25, -0.2) is 9.78 Å². The molecule has 144 valence electrons. The van der Waals surface area contributed by atoms with Gasteiger partial charge in [0, 0.05) is 18.2 Å². The van der Waals surface area contributed by atoms with Crippen LogP contribution in [0.15, 0.2) is 34.7 Å². The molecule has 0 atom stereocenters. The second-order valence-electron chi connectivity index (χ2n) is 6.84. The van der Waals surface area contributed by atoms with Crippen molar-refractivity contribution in [3.63, 3.8) is 0 Å². The molecule has 0 N–H and O–H groups in total. The van der Waals surface area contributed by atoms with Crippen molar-refractivity contribution in [3.05, 3.63) is 41.8 Å². The average Bonchev–Trinajstić information content (AvgIpc) is 3.10. The lowest BCUT2D eigenvalue weighted by Crippen LogP contribution is -2.43. The van der Waals surface area contributed by atoms with E-state index in [2.05, 4.69) is 4.98 Å². The van der Waals surface area contributed by atoms with Crippen LogP contribution in [0.1, 0.15) is 55.3 Å². The number of amides is 1. The maximum Gasteiger partial charge on any atom is 0.361 e. The van der Waals surface area contributed by atoms with Gasteiger partial charge >= 0.3 is 5.97 Å². The number of carbonyl (C=O) groups excluding carboxylic acids is 2. The van der Waals surface area contributed by atoms with Gasteiger partial charge in [-0.3, -0.25) is 4.79 Å². The minimum Gasteiger partial charge on any atom is -0.451 e. The van der Waals surface area contributed by atoms with E-state index >= 15 is 0 Å². The van der Waals surface area contributed by atoms with Gasteiger partial charge in [0.15, 0.2) is 12.3 Å². The molecule has 1 amide bonds. The van der Waals surface area contributed by atoms with Crippen molar-refractivity contribution in [2.24, 2.45) is 0 Å². The van der Waals surface area contributed by atoms with Crippen LogP contribution in [0.25, 0.3) is 11.5 Å². The number of esters is 1. The highest BCUT2D eigenvalue weighted by Crippen LogP contribution is 2.23. The molecule has 1 aromatic heterocycles. The Bertz CT molecular complexity index is 779. The Kier molecular flexibility index (Phi) is 6.27. The molecule has 27 heavy (non-hydrogen) atoms. The highest BCUT2D eigenvalue weighted by molar-refractivity contribution is 5.91. The summed E-state index contributed by atoms with van der Waals surface area (Å²) < 4.78 is 10.8. The standard InChI is InChI=1S/C21H26N2O4/c1-3-23(17-12-8-5-9-13-17)18(24)14-26-21(25)19-15(2)27-20(22-19)16-10-6-4-7-11-16/h4,6-7,10-11,17H,3,5,8-9,12-14H2,1-2H3. The van der Waals surface area contributed by atoms with Crippen LogP contribution in [0.5, 0.6) is 0 Å². The second kappa shape index (κ2) is 8.84. The number of hydrogen-bond donors (Lipinski definition) is 0. The van der Waals surface area contributed by atoms with Crippen LogP contribution in [0.2, 0.25) is 0 Å². The van der Waals surface area contributed by atoms with Crippen molar-refractivity contribution < 1.29 is 18.7 Å². The molecule has 0 spiro atoms. The largest absolute Gasteiger partial charge is 0.451 e. The van der Waals surface area contributed by atoms with Gasteiger partial charge in [-0.15, -0.1) is 0 Å². The SMILES string of the molecule is CCN(C(=O)COC(=O)c1nc(-c2ccccc2)oc1C)C1CCCCC1. The number of benzene rings is 1. The lowest BCUT2D eigenvalue weighted by Gasteiger charge is -2.33. The molecule has 0 bridgehead atoms. The van der Waals surface area contributed by atoms with Gasteiger partial charge in [-0.05, 0) is 38.8 Å². The number of hydrogen-bond acceptors (Lipinski definition) is 5. The molecular weight excluding hydrogens is 344 g/mol. The van der Waals surface area contributed by atoms with Crippen molar-refractivity contribution >= 4 is 11.9 Å². The molecule has 1 saturated carbocycles. The molecule has 0 aliphatic heterocycles. The highest BCUT2D eigenvalue weighted by Gasteiger charge is 2.26. The highest BCUT2D eigenvalue weighted by atomic mass is 16.5. The normalized spacial score (nSPS) is 14.7. The zero-order valence-electron chi connectivity index (χ0n) is 15.9. The van der Waals surface area contributed by atoms with Crippen LogP contribution < -0.4 is 0 Å². The fourth-order valence-corrected chi connectivity index (χ4v) is 3.60. The van der Waals surface area contributed by atoms with Crippen LogP contribution >= 0.6 is 0 Å². The summed E-state index contributed by atoms with van der Waals surface area (Å²) in [6.45, 7) is 3.98. The first kappa shape index (κ1) is 19.1. The number of carbonyl (C=O) groups is 2. The minimum absolute atomic E-state index is 0.113. The number of nitrogens with zero attached hydrogens (tertiary/aromatic N) is 2. The molecular formula is C21H26N2O4. The van der Waals surface area contributed by atoms with E-state index in [0.29, 0.717) is 18.2 Å². The zero-order chi connectivity index (χ0) is 19.2. The van der Waals surface area contributed by atoms with Gasteiger partial charge < -0.3 is 14.1 Å². The average molecular weight is 370 g/mol. The zero-order valence-corrected chi connectivity index (χ0v) is 15.9. The Morgan fingerprint density at radius 1 is 1.19 bits per heavy atom. The summed E-state index contributed by atoms with van der Waals surface area (Å²) >= 11 is 0. The third kappa shape index (κ3) is 4.56. The molecule has 6 nitrogen and oxygen atoms in total. The monoisotopic (exact) mass is 370 g/mol. The fourth-order valence-electron chi connectivity index (χ4n) is 3.60. The van der Waals surface area contributed by atoms with E-state index in [0.717, 1.165) is 31.2 Å². The number of oxazole rings is 1.